The molecule has 0 bridgehead atoms. The van der Waals surface area contributed by atoms with Gasteiger partial charge in [-0.25, -0.2) is 0 Å². The van der Waals surface area contributed by atoms with Crippen molar-refractivity contribution in [1.82, 2.24) is 10.7 Å². The fourth-order valence-corrected chi connectivity index (χ4v) is 1.73. The molecule has 0 aliphatic heterocycles. The van der Waals surface area contributed by atoms with Crippen molar-refractivity contribution < 1.29 is 14.2 Å². The normalized spacial score (nSPS) is 10.0. The monoisotopic (exact) mass is 309 g/mol. The Morgan fingerprint density at radius 3 is 2.52 bits per heavy atom. The average Bonchev–Trinajstić information content (AvgIpc) is 2.51. The van der Waals surface area contributed by atoms with Crippen LogP contribution in [-0.4, -0.2) is 39.2 Å². The highest BCUT2D eigenvalue weighted by atomic mass is 32.1. The van der Waals surface area contributed by atoms with Crippen molar-refractivity contribution in [3.8, 4) is 17.2 Å². The SMILES string of the molecule is C=CCNC(=S)N/N=C/c1ccc(OC)c(OC)c1OC. The van der Waals surface area contributed by atoms with Crippen LogP contribution < -0.4 is 25.0 Å². The Morgan fingerprint density at radius 2 is 1.95 bits per heavy atom. The van der Waals surface area contributed by atoms with Crippen molar-refractivity contribution in [2.75, 3.05) is 27.9 Å². The fraction of sp³-hybridized carbons (Fsp3) is 0.286. The third-order valence-electron chi connectivity index (χ3n) is 2.51. The number of rotatable bonds is 7. The predicted octanol–water partition coefficient (Wildman–Crippen LogP) is 1.70. The van der Waals surface area contributed by atoms with E-state index in [-0.39, 0.29) is 0 Å². The third-order valence-corrected chi connectivity index (χ3v) is 2.75. The van der Waals surface area contributed by atoms with E-state index in [4.69, 9.17) is 26.4 Å². The zero-order chi connectivity index (χ0) is 15.7. The number of benzene rings is 1. The molecule has 1 aromatic carbocycles. The molecular weight excluding hydrogens is 290 g/mol. The van der Waals surface area contributed by atoms with E-state index in [1.54, 1.807) is 39.7 Å². The van der Waals surface area contributed by atoms with Crippen LogP contribution >= 0.6 is 12.2 Å². The second-order valence-electron chi connectivity index (χ2n) is 3.79. The van der Waals surface area contributed by atoms with Crippen LogP contribution in [0.15, 0.2) is 29.9 Å². The molecule has 0 saturated heterocycles. The fourth-order valence-electron chi connectivity index (χ4n) is 1.59. The molecule has 1 rings (SSSR count). The van der Waals surface area contributed by atoms with Gasteiger partial charge in [0.15, 0.2) is 16.6 Å². The molecule has 0 saturated carbocycles. The van der Waals surface area contributed by atoms with Gasteiger partial charge in [0.05, 0.1) is 27.5 Å². The first-order valence-electron chi connectivity index (χ1n) is 6.14. The molecule has 21 heavy (non-hydrogen) atoms. The summed E-state index contributed by atoms with van der Waals surface area (Å²) in [5, 5.41) is 7.35. The second-order valence-corrected chi connectivity index (χ2v) is 4.20. The predicted molar refractivity (Wildman–Crippen MR) is 87.6 cm³/mol. The summed E-state index contributed by atoms with van der Waals surface area (Å²) in [5.41, 5.74) is 3.43. The van der Waals surface area contributed by atoms with E-state index >= 15 is 0 Å². The Bertz CT molecular complexity index is 532. The zero-order valence-electron chi connectivity index (χ0n) is 12.3. The summed E-state index contributed by atoms with van der Waals surface area (Å²) in [6.45, 7) is 4.16. The van der Waals surface area contributed by atoms with Crippen LogP contribution in [0.3, 0.4) is 0 Å². The van der Waals surface area contributed by atoms with Crippen molar-refractivity contribution in [1.29, 1.82) is 0 Å². The molecule has 2 N–H and O–H groups in total. The molecule has 0 fully saturated rings. The average molecular weight is 309 g/mol. The summed E-state index contributed by atoms with van der Waals surface area (Å²) >= 11 is 5.02. The van der Waals surface area contributed by atoms with Crippen LogP contribution in [0.4, 0.5) is 0 Å². The topological polar surface area (TPSA) is 64.1 Å². The van der Waals surface area contributed by atoms with E-state index in [1.807, 2.05) is 6.07 Å². The Hall–Kier alpha value is -2.28. The highest BCUT2D eigenvalue weighted by Gasteiger charge is 2.14. The Morgan fingerprint density at radius 1 is 1.24 bits per heavy atom. The van der Waals surface area contributed by atoms with Gasteiger partial charge in [-0.1, -0.05) is 6.08 Å². The van der Waals surface area contributed by atoms with Gasteiger partial charge in [0.2, 0.25) is 5.75 Å². The van der Waals surface area contributed by atoms with Crippen molar-refractivity contribution >= 4 is 23.5 Å². The van der Waals surface area contributed by atoms with E-state index < -0.39 is 0 Å². The van der Waals surface area contributed by atoms with Gasteiger partial charge in [-0.05, 0) is 24.4 Å². The smallest absolute Gasteiger partial charge is 0.203 e. The number of nitrogens with one attached hydrogen (secondary N) is 2. The number of hydrogen-bond acceptors (Lipinski definition) is 5. The molecule has 6 nitrogen and oxygen atoms in total. The minimum absolute atomic E-state index is 0.408. The molecule has 7 heteroatoms. The number of thiocarbonyl (C=S) groups is 1. The summed E-state index contributed by atoms with van der Waals surface area (Å²) in [7, 11) is 4.67. The lowest BCUT2D eigenvalue weighted by Crippen LogP contribution is -2.31. The largest absolute Gasteiger partial charge is 0.493 e. The lowest BCUT2D eigenvalue weighted by Gasteiger charge is -2.13. The molecule has 0 aliphatic rings. The number of hydrogen-bond donors (Lipinski definition) is 2. The summed E-state index contributed by atoms with van der Waals surface area (Å²) < 4.78 is 15.9. The minimum atomic E-state index is 0.408. The van der Waals surface area contributed by atoms with Crippen LogP contribution in [0.25, 0.3) is 0 Å². The van der Waals surface area contributed by atoms with Crippen LogP contribution in [0.1, 0.15) is 5.56 Å². The highest BCUT2D eigenvalue weighted by molar-refractivity contribution is 7.80. The maximum atomic E-state index is 5.35. The summed E-state index contributed by atoms with van der Waals surface area (Å²) in [4.78, 5) is 0. The maximum Gasteiger partial charge on any atom is 0.203 e. The summed E-state index contributed by atoms with van der Waals surface area (Å²) in [6, 6.07) is 3.59. The van der Waals surface area contributed by atoms with E-state index in [1.165, 1.54) is 0 Å². The highest BCUT2D eigenvalue weighted by Crippen LogP contribution is 2.38. The van der Waals surface area contributed by atoms with Gasteiger partial charge < -0.3 is 19.5 Å². The molecule has 0 heterocycles. The number of ether oxygens (including phenoxy) is 3. The number of methoxy groups -OCH3 is 3. The molecular formula is C14H19N3O3S. The molecule has 0 radical (unpaired) electrons. The van der Waals surface area contributed by atoms with Gasteiger partial charge in [0.25, 0.3) is 0 Å². The van der Waals surface area contributed by atoms with E-state index in [0.717, 1.165) is 5.56 Å². The summed E-state index contributed by atoms with van der Waals surface area (Å²) in [5.74, 6) is 1.63. The minimum Gasteiger partial charge on any atom is -0.493 e. The molecule has 0 aromatic heterocycles. The molecule has 114 valence electrons. The van der Waals surface area contributed by atoms with Crippen LogP contribution in [0.2, 0.25) is 0 Å². The standard InChI is InChI=1S/C14H19N3O3S/c1-5-8-15-14(21)17-16-9-10-6-7-11(18-2)13(20-4)12(10)19-3/h5-7,9H,1,8H2,2-4H3,(H2,15,17,21)/b16-9+. The maximum absolute atomic E-state index is 5.35. The molecule has 0 unspecified atom stereocenters. The van der Waals surface area contributed by atoms with E-state index in [9.17, 15) is 0 Å². The molecule has 1 aromatic rings. The van der Waals surface area contributed by atoms with Crippen molar-refractivity contribution in [2.45, 2.75) is 0 Å². The molecule has 0 aliphatic carbocycles. The van der Waals surface area contributed by atoms with Crippen LogP contribution in [0, 0.1) is 0 Å². The van der Waals surface area contributed by atoms with Gasteiger partial charge in [-0.3, -0.25) is 5.43 Å². The van der Waals surface area contributed by atoms with Gasteiger partial charge >= 0.3 is 0 Å². The summed E-state index contributed by atoms with van der Waals surface area (Å²) in [6.07, 6.45) is 3.29. The Kier molecular flexibility index (Phi) is 7.03. The number of nitrogens with zero attached hydrogens (tertiary/aromatic N) is 1. The van der Waals surface area contributed by atoms with Crippen molar-refractivity contribution in [3.05, 3.63) is 30.4 Å². The van der Waals surface area contributed by atoms with E-state index in [0.29, 0.717) is 28.9 Å². The lowest BCUT2D eigenvalue weighted by molar-refractivity contribution is 0.324. The number of hydrazone groups is 1. The molecule has 0 spiro atoms. The van der Waals surface area contributed by atoms with E-state index in [2.05, 4.69) is 22.4 Å². The van der Waals surface area contributed by atoms with Crippen LogP contribution in [-0.2, 0) is 0 Å². The Balaban J connectivity index is 2.88. The molecule has 0 atom stereocenters. The first-order chi connectivity index (χ1) is 10.2. The van der Waals surface area contributed by atoms with Crippen molar-refractivity contribution in [3.63, 3.8) is 0 Å². The van der Waals surface area contributed by atoms with Gasteiger partial charge in [-0.2, -0.15) is 5.10 Å². The lowest BCUT2D eigenvalue weighted by atomic mass is 10.2. The van der Waals surface area contributed by atoms with Gasteiger partial charge in [0.1, 0.15) is 0 Å². The van der Waals surface area contributed by atoms with Crippen LogP contribution in [0.5, 0.6) is 17.2 Å². The molecule has 0 amide bonds. The Labute approximate surface area is 129 Å². The first kappa shape index (κ1) is 16.8. The van der Waals surface area contributed by atoms with Gasteiger partial charge in [-0.15, -0.1) is 6.58 Å². The quantitative estimate of drug-likeness (QED) is 0.346. The second kappa shape index (κ2) is 8.80. The van der Waals surface area contributed by atoms with Gasteiger partial charge in [0, 0.05) is 12.1 Å². The zero-order valence-corrected chi connectivity index (χ0v) is 13.1. The van der Waals surface area contributed by atoms with Crippen molar-refractivity contribution in [2.24, 2.45) is 5.10 Å². The first-order valence-corrected chi connectivity index (χ1v) is 6.55. The third kappa shape index (κ3) is 4.64.